The first-order chi connectivity index (χ1) is 9.63. The van der Waals surface area contributed by atoms with Gasteiger partial charge in [0.05, 0.1) is 0 Å². The minimum atomic E-state index is -0.257. The van der Waals surface area contributed by atoms with E-state index in [4.69, 9.17) is 0 Å². The van der Waals surface area contributed by atoms with E-state index in [2.05, 4.69) is 15.3 Å². The van der Waals surface area contributed by atoms with Crippen LogP contribution in [-0.4, -0.2) is 27.3 Å². The number of thioether (sulfide) groups is 1. The fourth-order valence-electron chi connectivity index (χ4n) is 1.57. The molecule has 0 aliphatic carbocycles. The van der Waals surface area contributed by atoms with Crippen molar-refractivity contribution in [1.82, 2.24) is 14.9 Å². The van der Waals surface area contributed by atoms with Gasteiger partial charge in [-0.3, -0.25) is 4.79 Å². The third-order valence-corrected chi connectivity index (χ3v) is 3.14. The van der Waals surface area contributed by atoms with Crippen LogP contribution in [0.3, 0.4) is 0 Å². The van der Waals surface area contributed by atoms with Gasteiger partial charge in [0.25, 0.3) is 0 Å². The van der Waals surface area contributed by atoms with Crippen LogP contribution in [0.1, 0.15) is 13.8 Å². The monoisotopic (exact) mass is 288 g/mol. The fourth-order valence-corrected chi connectivity index (χ4v) is 2.00. The molecule has 0 aliphatic rings. The molecule has 0 N–H and O–H groups in total. The SMILES string of the molecule is CSc1nnc(-c2ccccc2)c(=O)n1/N=C/C(C)C. The summed E-state index contributed by atoms with van der Waals surface area (Å²) in [6.45, 7) is 4.00. The van der Waals surface area contributed by atoms with Crippen molar-refractivity contribution in [3.8, 4) is 11.3 Å². The summed E-state index contributed by atoms with van der Waals surface area (Å²) in [5.74, 6) is 0.255. The number of aromatic nitrogens is 3. The summed E-state index contributed by atoms with van der Waals surface area (Å²) < 4.78 is 1.31. The van der Waals surface area contributed by atoms with Gasteiger partial charge in [0.2, 0.25) is 5.16 Å². The Morgan fingerprint density at radius 2 is 1.95 bits per heavy atom. The Bertz CT molecular complexity index is 665. The highest BCUT2D eigenvalue weighted by molar-refractivity contribution is 7.98. The molecule has 0 radical (unpaired) electrons. The molecule has 0 atom stereocenters. The van der Waals surface area contributed by atoms with Crippen LogP contribution in [0.25, 0.3) is 11.3 Å². The van der Waals surface area contributed by atoms with Gasteiger partial charge < -0.3 is 0 Å². The zero-order valence-electron chi connectivity index (χ0n) is 11.6. The van der Waals surface area contributed by atoms with Crippen LogP contribution < -0.4 is 5.56 Å². The first-order valence-electron chi connectivity index (χ1n) is 6.27. The van der Waals surface area contributed by atoms with Crippen molar-refractivity contribution in [2.75, 3.05) is 6.26 Å². The Kier molecular flexibility index (Phi) is 4.68. The Labute approximate surface area is 121 Å². The molecule has 0 saturated carbocycles. The Morgan fingerprint density at radius 3 is 2.55 bits per heavy atom. The van der Waals surface area contributed by atoms with Crippen LogP contribution in [0.2, 0.25) is 0 Å². The molecule has 0 bridgehead atoms. The molecular weight excluding hydrogens is 272 g/mol. The molecule has 1 aromatic carbocycles. The van der Waals surface area contributed by atoms with Gasteiger partial charge in [-0.1, -0.05) is 55.9 Å². The van der Waals surface area contributed by atoms with Crippen molar-refractivity contribution >= 4 is 18.0 Å². The first kappa shape index (κ1) is 14.5. The van der Waals surface area contributed by atoms with Gasteiger partial charge in [-0.05, 0) is 12.2 Å². The molecule has 1 aromatic heterocycles. The maximum absolute atomic E-state index is 12.5. The van der Waals surface area contributed by atoms with Crippen molar-refractivity contribution in [3.63, 3.8) is 0 Å². The van der Waals surface area contributed by atoms with E-state index in [1.165, 1.54) is 16.4 Å². The first-order valence-corrected chi connectivity index (χ1v) is 7.49. The molecule has 2 aromatic rings. The van der Waals surface area contributed by atoms with Crippen LogP contribution in [0.4, 0.5) is 0 Å². The van der Waals surface area contributed by atoms with E-state index in [0.717, 1.165) is 5.56 Å². The summed E-state index contributed by atoms with van der Waals surface area (Å²) in [4.78, 5) is 12.5. The maximum Gasteiger partial charge on any atom is 0.301 e. The molecule has 0 fully saturated rings. The lowest BCUT2D eigenvalue weighted by atomic mass is 10.2. The molecule has 104 valence electrons. The molecule has 0 saturated heterocycles. The summed E-state index contributed by atoms with van der Waals surface area (Å²) in [7, 11) is 0. The molecular formula is C14H16N4OS. The van der Waals surface area contributed by atoms with E-state index in [-0.39, 0.29) is 11.5 Å². The van der Waals surface area contributed by atoms with Crippen molar-refractivity contribution in [1.29, 1.82) is 0 Å². The van der Waals surface area contributed by atoms with Gasteiger partial charge in [-0.2, -0.15) is 9.78 Å². The average Bonchev–Trinajstić information content (AvgIpc) is 2.46. The third kappa shape index (κ3) is 3.14. The minimum Gasteiger partial charge on any atom is -0.265 e. The summed E-state index contributed by atoms with van der Waals surface area (Å²) in [5.41, 5.74) is 0.794. The second-order valence-corrected chi connectivity index (χ2v) is 5.30. The molecule has 5 nitrogen and oxygen atoms in total. The van der Waals surface area contributed by atoms with E-state index >= 15 is 0 Å². The quantitative estimate of drug-likeness (QED) is 0.640. The highest BCUT2D eigenvalue weighted by Crippen LogP contribution is 2.14. The number of nitrogens with zero attached hydrogens (tertiary/aromatic N) is 4. The Morgan fingerprint density at radius 1 is 1.25 bits per heavy atom. The lowest BCUT2D eigenvalue weighted by Gasteiger charge is -2.06. The van der Waals surface area contributed by atoms with Crippen LogP contribution in [0.15, 0.2) is 45.4 Å². The smallest absolute Gasteiger partial charge is 0.265 e. The largest absolute Gasteiger partial charge is 0.301 e. The van der Waals surface area contributed by atoms with Crippen molar-refractivity contribution in [2.24, 2.45) is 11.0 Å². The van der Waals surface area contributed by atoms with Gasteiger partial charge in [0.15, 0.2) is 5.69 Å². The second kappa shape index (κ2) is 6.47. The van der Waals surface area contributed by atoms with Crippen molar-refractivity contribution in [2.45, 2.75) is 19.0 Å². The van der Waals surface area contributed by atoms with E-state index in [0.29, 0.717) is 10.9 Å². The molecule has 0 aliphatic heterocycles. The molecule has 6 heteroatoms. The number of hydrogen-bond acceptors (Lipinski definition) is 5. The molecule has 1 heterocycles. The van der Waals surface area contributed by atoms with E-state index in [1.54, 1.807) is 6.21 Å². The van der Waals surface area contributed by atoms with Crippen molar-refractivity contribution < 1.29 is 0 Å². The van der Waals surface area contributed by atoms with Crippen LogP contribution >= 0.6 is 11.8 Å². The van der Waals surface area contributed by atoms with Crippen LogP contribution in [-0.2, 0) is 0 Å². The van der Waals surface area contributed by atoms with Gasteiger partial charge in [-0.25, -0.2) is 0 Å². The van der Waals surface area contributed by atoms with E-state index < -0.39 is 0 Å². The summed E-state index contributed by atoms with van der Waals surface area (Å²) in [6.07, 6.45) is 3.56. The van der Waals surface area contributed by atoms with E-state index in [9.17, 15) is 4.79 Å². The Balaban J connectivity index is 2.58. The minimum absolute atomic E-state index is 0.255. The third-order valence-electron chi connectivity index (χ3n) is 2.52. The van der Waals surface area contributed by atoms with Gasteiger partial charge in [0.1, 0.15) is 0 Å². The zero-order valence-corrected chi connectivity index (χ0v) is 12.5. The topological polar surface area (TPSA) is 60.1 Å². The summed E-state index contributed by atoms with van der Waals surface area (Å²) in [5, 5.41) is 12.8. The highest BCUT2D eigenvalue weighted by atomic mass is 32.2. The predicted molar refractivity (Wildman–Crippen MR) is 82.2 cm³/mol. The lowest BCUT2D eigenvalue weighted by molar-refractivity contribution is 0.647. The highest BCUT2D eigenvalue weighted by Gasteiger charge is 2.12. The average molecular weight is 288 g/mol. The summed E-state index contributed by atoms with van der Waals surface area (Å²) >= 11 is 1.34. The van der Waals surface area contributed by atoms with E-state index in [1.807, 2.05) is 50.4 Å². The predicted octanol–water partition coefficient (Wildman–Crippen LogP) is 2.52. The number of hydrogen-bond donors (Lipinski definition) is 0. The van der Waals surface area contributed by atoms with Gasteiger partial charge in [-0.15, -0.1) is 10.2 Å². The lowest BCUT2D eigenvalue weighted by Crippen LogP contribution is -2.23. The molecule has 0 spiro atoms. The molecule has 0 amide bonds. The van der Waals surface area contributed by atoms with Gasteiger partial charge in [0, 0.05) is 11.8 Å². The standard InChI is InChI=1S/C14H16N4OS/c1-10(2)9-15-18-13(19)12(16-17-14(18)20-3)11-7-5-4-6-8-11/h4-10H,1-3H3/b15-9+. The van der Waals surface area contributed by atoms with Crippen LogP contribution in [0.5, 0.6) is 0 Å². The normalized spacial score (nSPS) is 11.4. The van der Waals surface area contributed by atoms with Gasteiger partial charge >= 0.3 is 5.56 Å². The van der Waals surface area contributed by atoms with Crippen molar-refractivity contribution in [3.05, 3.63) is 40.7 Å². The number of benzene rings is 1. The zero-order chi connectivity index (χ0) is 14.5. The fraction of sp³-hybridized carbons (Fsp3) is 0.286. The molecule has 0 unspecified atom stereocenters. The maximum atomic E-state index is 12.5. The second-order valence-electron chi connectivity index (χ2n) is 4.53. The number of rotatable bonds is 4. The molecule has 2 rings (SSSR count). The van der Waals surface area contributed by atoms with Crippen LogP contribution in [0, 0.1) is 5.92 Å². The summed E-state index contributed by atoms with van der Waals surface area (Å²) in [6, 6.07) is 9.28. The Hall–Kier alpha value is -1.95. The molecule has 20 heavy (non-hydrogen) atoms.